The lowest BCUT2D eigenvalue weighted by Gasteiger charge is -2.20. The molecule has 1 atom stereocenters. The van der Waals surface area contributed by atoms with Crippen LogP contribution in [0.5, 0.6) is 5.75 Å². The Bertz CT molecular complexity index is 428. The molecule has 0 amide bonds. The molecule has 21 heavy (non-hydrogen) atoms. The van der Waals surface area contributed by atoms with Crippen LogP contribution in [0.15, 0.2) is 24.3 Å². The molecule has 0 fully saturated rings. The number of hydrogen-bond acceptors (Lipinski definition) is 5. The lowest BCUT2D eigenvalue weighted by Crippen LogP contribution is -2.35. The monoisotopic (exact) mass is 292 g/mol. The van der Waals surface area contributed by atoms with Crippen LogP contribution < -0.4 is 4.74 Å². The first kappa shape index (κ1) is 17.4. The van der Waals surface area contributed by atoms with Crippen LogP contribution in [-0.2, 0) is 11.2 Å². The second-order valence-corrected chi connectivity index (χ2v) is 4.90. The highest BCUT2D eigenvalue weighted by atomic mass is 16.5. The zero-order chi connectivity index (χ0) is 15.5. The number of hydrogen-bond donors (Lipinski definition) is 1. The second kappa shape index (κ2) is 10.2. The first-order valence-electron chi connectivity index (χ1n) is 7.18. The molecule has 1 aromatic carbocycles. The largest absolute Gasteiger partial charge is 0.491 e. The molecule has 1 aromatic rings. The summed E-state index contributed by atoms with van der Waals surface area (Å²) in [6.07, 6.45) is -0.150. The molecule has 0 saturated carbocycles. The van der Waals surface area contributed by atoms with E-state index in [2.05, 4.69) is 6.07 Å². The molecule has 0 aliphatic carbocycles. The van der Waals surface area contributed by atoms with Crippen molar-refractivity contribution in [2.45, 2.75) is 19.4 Å². The summed E-state index contributed by atoms with van der Waals surface area (Å²) < 4.78 is 10.8. The molecule has 116 valence electrons. The number of nitrogens with zero attached hydrogens (tertiary/aromatic N) is 2. The zero-order valence-corrected chi connectivity index (χ0v) is 12.8. The van der Waals surface area contributed by atoms with Crippen molar-refractivity contribution >= 4 is 0 Å². The molecule has 0 saturated heterocycles. The molecule has 0 spiro atoms. The number of aliphatic hydroxyl groups excluding tert-OH is 1. The lowest BCUT2D eigenvalue weighted by molar-refractivity contribution is 0.0613. The smallest absolute Gasteiger partial charge is 0.119 e. The molecular weight excluding hydrogens is 268 g/mol. The van der Waals surface area contributed by atoms with E-state index in [1.54, 1.807) is 0 Å². The Kier molecular flexibility index (Phi) is 8.44. The van der Waals surface area contributed by atoms with E-state index in [1.807, 2.05) is 43.1 Å². The molecule has 0 heterocycles. The Hall–Kier alpha value is -1.61. The molecule has 0 aliphatic rings. The van der Waals surface area contributed by atoms with E-state index in [0.29, 0.717) is 31.9 Å². The van der Waals surface area contributed by atoms with E-state index >= 15 is 0 Å². The van der Waals surface area contributed by atoms with Crippen molar-refractivity contribution in [3.63, 3.8) is 0 Å². The van der Waals surface area contributed by atoms with Gasteiger partial charge in [-0.05, 0) is 31.7 Å². The van der Waals surface area contributed by atoms with Crippen LogP contribution in [0.1, 0.15) is 12.5 Å². The molecule has 0 aromatic heterocycles. The number of nitriles is 1. The van der Waals surface area contributed by atoms with Crippen molar-refractivity contribution in [1.29, 1.82) is 5.26 Å². The molecule has 5 nitrogen and oxygen atoms in total. The summed E-state index contributed by atoms with van der Waals surface area (Å²) in [6.45, 7) is 4.91. The minimum atomic E-state index is -0.546. The third kappa shape index (κ3) is 7.66. The van der Waals surface area contributed by atoms with Gasteiger partial charge in [-0.3, -0.25) is 0 Å². The van der Waals surface area contributed by atoms with Crippen LogP contribution in [0.2, 0.25) is 0 Å². The minimum absolute atomic E-state index is 0.247. The Balaban J connectivity index is 2.25. The summed E-state index contributed by atoms with van der Waals surface area (Å²) in [7, 11) is 1.94. The summed E-state index contributed by atoms with van der Waals surface area (Å²) in [5, 5.41) is 18.5. The SMILES string of the molecule is CCOCCN(C)C[C@@H](O)COc1ccc(CC#N)cc1. The van der Waals surface area contributed by atoms with Crippen molar-refractivity contribution in [1.82, 2.24) is 4.90 Å². The summed E-state index contributed by atoms with van der Waals surface area (Å²) in [4.78, 5) is 2.01. The van der Waals surface area contributed by atoms with Crippen LogP contribution in [0, 0.1) is 11.3 Å². The maximum Gasteiger partial charge on any atom is 0.119 e. The lowest BCUT2D eigenvalue weighted by atomic mass is 10.2. The Morgan fingerprint density at radius 1 is 1.33 bits per heavy atom. The summed E-state index contributed by atoms with van der Waals surface area (Å²) in [5.74, 6) is 0.702. The van der Waals surface area contributed by atoms with Gasteiger partial charge >= 0.3 is 0 Å². The van der Waals surface area contributed by atoms with Crippen LogP contribution in [0.4, 0.5) is 0 Å². The highest BCUT2D eigenvalue weighted by molar-refractivity contribution is 5.28. The quantitative estimate of drug-likeness (QED) is 0.661. The Morgan fingerprint density at radius 2 is 2.05 bits per heavy atom. The molecular formula is C16H24N2O3. The third-order valence-corrected chi connectivity index (χ3v) is 2.99. The standard InChI is InChI=1S/C16H24N2O3/c1-3-20-11-10-18(2)12-15(19)13-21-16-6-4-14(5-7-16)8-9-17/h4-7,15,19H,3,8,10-13H2,1-2H3/t15-/m1/s1. The number of ether oxygens (including phenoxy) is 2. The minimum Gasteiger partial charge on any atom is -0.491 e. The van der Waals surface area contributed by atoms with Gasteiger partial charge in [0.1, 0.15) is 18.5 Å². The normalized spacial score (nSPS) is 12.1. The van der Waals surface area contributed by atoms with Crippen molar-refractivity contribution in [2.24, 2.45) is 0 Å². The van der Waals surface area contributed by atoms with Crippen LogP contribution in [0.25, 0.3) is 0 Å². The Morgan fingerprint density at radius 3 is 2.67 bits per heavy atom. The van der Waals surface area contributed by atoms with Gasteiger partial charge in [-0.2, -0.15) is 5.26 Å². The summed E-state index contributed by atoms with van der Waals surface area (Å²) in [6, 6.07) is 9.46. The van der Waals surface area contributed by atoms with Gasteiger partial charge in [0.2, 0.25) is 0 Å². The van der Waals surface area contributed by atoms with E-state index in [9.17, 15) is 5.11 Å². The van der Waals surface area contributed by atoms with Gasteiger partial charge in [-0.25, -0.2) is 0 Å². The fourth-order valence-corrected chi connectivity index (χ4v) is 1.86. The van der Waals surface area contributed by atoms with Gasteiger partial charge in [0, 0.05) is 19.7 Å². The highest BCUT2D eigenvalue weighted by Crippen LogP contribution is 2.12. The molecule has 0 aliphatic heterocycles. The van der Waals surface area contributed by atoms with Gasteiger partial charge in [0.05, 0.1) is 19.1 Å². The molecule has 1 rings (SSSR count). The van der Waals surface area contributed by atoms with Gasteiger partial charge < -0.3 is 19.5 Å². The average Bonchev–Trinajstić information content (AvgIpc) is 2.47. The molecule has 0 radical (unpaired) electrons. The predicted octanol–water partition coefficient (Wildman–Crippen LogP) is 1.46. The fraction of sp³-hybridized carbons (Fsp3) is 0.562. The maximum absolute atomic E-state index is 9.93. The van der Waals surface area contributed by atoms with Gasteiger partial charge in [0.15, 0.2) is 0 Å². The summed E-state index contributed by atoms with van der Waals surface area (Å²) >= 11 is 0. The molecule has 0 unspecified atom stereocenters. The molecule has 1 N–H and O–H groups in total. The predicted molar refractivity (Wildman–Crippen MR) is 81.3 cm³/mol. The second-order valence-electron chi connectivity index (χ2n) is 4.90. The van der Waals surface area contributed by atoms with Gasteiger partial charge in [0.25, 0.3) is 0 Å². The fourth-order valence-electron chi connectivity index (χ4n) is 1.86. The average molecular weight is 292 g/mol. The highest BCUT2D eigenvalue weighted by Gasteiger charge is 2.09. The van der Waals surface area contributed by atoms with E-state index in [0.717, 1.165) is 12.1 Å². The molecule has 5 heteroatoms. The van der Waals surface area contributed by atoms with E-state index in [1.165, 1.54) is 0 Å². The first-order valence-corrected chi connectivity index (χ1v) is 7.18. The van der Waals surface area contributed by atoms with E-state index in [-0.39, 0.29) is 6.61 Å². The van der Waals surface area contributed by atoms with Crippen LogP contribution in [-0.4, -0.2) is 56.1 Å². The zero-order valence-electron chi connectivity index (χ0n) is 12.8. The van der Waals surface area contributed by atoms with Crippen LogP contribution in [0.3, 0.4) is 0 Å². The summed E-state index contributed by atoms with van der Waals surface area (Å²) in [5.41, 5.74) is 0.959. The third-order valence-electron chi connectivity index (χ3n) is 2.99. The number of aliphatic hydroxyl groups is 1. The maximum atomic E-state index is 9.93. The Labute approximate surface area is 126 Å². The van der Waals surface area contributed by atoms with Gasteiger partial charge in [-0.15, -0.1) is 0 Å². The van der Waals surface area contributed by atoms with Crippen molar-refractivity contribution in [3.8, 4) is 11.8 Å². The first-order chi connectivity index (χ1) is 10.2. The van der Waals surface area contributed by atoms with Crippen LogP contribution >= 0.6 is 0 Å². The topological polar surface area (TPSA) is 65.7 Å². The van der Waals surface area contributed by atoms with E-state index < -0.39 is 6.10 Å². The van der Waals surface area contributed by atoms with Gasteiger partial charge in [-0.1, -0.05) is 12.1 Å². The number of likely N-dealkylation sites (N-methyl/N-ethyl adjacent to an activating group) is 1. The van der Waals surface area contributed by atoms with E-state index in [4.69, 9.17) is 14.7 Å². The van der Waals surface area contributed by atoms with Crippen molar-refractivity contribution in [3.05, 3.63) is 29.8 Å². The van der Waals surface area contributed by atoms with Crippen molar-refractivity contribution < 1.29 is 14.6 Å². The molecule has 0 bridgehead atoms. The number of benzene rings is 1. The number of rotatable bonds is 10. The van der Waals surface area contributed by atoms with Crippen molar-refractivity contribution in [2.75, 3.05) is 40.0 Å².